The monoisotopic (exact) mass is 363 g/mol. The van der Waals surface area contributed by atoms with Gasteiger partial charge in [0.25, 0.3) is 5.91 Å². The minimum absolute atomic E-state index is 0.0594. The standard InChI is InChI=1S/C17H21N3O4S/c1-20(2)25(22,23)11-13-9-24-10-16(13)19-17(21)15-8-7-12-5-3-4-6-14(12)18-15/h3-8,13,16H,9-11H2,1-2H3,(H,19,21)/t13-,16-/m0/s1. The second-order valence-corrected chi connectivity index (χ2v) is 8.56. The number of hydrogen-bond donors (Lipinski definition) is 1. The lowest BCUT2D eigenvalue weighted by molar-refractivity contribution is 0.0921. The van der Waals surface area contributed by atoms with E-state index in [-0.39, 0.29) is 23.6 Å². The number of pyridine rings is 1. The summed E-state index contributed by atoms with van der Waals surface area (Å²) in [5.41, 5.74) is 1.05. The molecule has 134 valence electrons. The Morgan fingerprint density at radius 3 is 2.76 bits per heavy atom. The molecule has 0 saturated carbocycles. The van der Waals surface area contributed by atoms with Crippen molar-refractivity contribution in [1.82, 2.24) is 14.6 Å². The van der Waals surface area contributed by atoms with Crippen molar-refractivity contribution in [2.45, 2.75) is 6.04 Å². The van der Waals surface area contributed by atoms with Gasteiger partial charge < -0.3 is 10.1 Å². The van der Waals surface area contributed by atoms with Crippen LogP contribution < -0.4 is 5.32 Å². The number of nitrogens with zero attached hydrogens (tertiary/aromatic N) is 2. The summed E-state index contributed by atoms with van der Waals surface area (Å²) in [5.74, 6) is -0.666. The summed E-state index contributed by atoms with van der Waals surface area (Å²) in [6, 6.07) is 10.7. The van der Waals surface area contributed by atoms with Crippen LogP contribution in [0.2, 0.25) is 0 Å². The fourth-order valence-electron chi connectivity index (χ4n) is 2.78. The zero-order valence-corrected chi connectivity index (χ0v) is 15.0. The fraction of sp³-hybridized carbons (Fsp3) is 0.412. The predicted octanol–water partition coefficient (Wildman–Crippen LogP) is 0.871. The number of fused-ring (bicyclic) bond motifs is 1. The van der Waals surface area contributed by atoms with Crippen LogP contribution in [-0.4, -0.2) is 62.7 Å². The van der Waals surface area contributed by atoms with Crippen LogP contribution in [0.5, 0.6) is 0 Å². The molecule has 7 nitrogen and oxygen atoms in total. The molecule has 1 aliphatic heterocycles. The Morgan fingerprint density at radius 1 is 1.24 bits per heavy atom. The Labute approximate surface area is 147 Å². The van der Waals surface area contributed by atoms with Gasteiger partial charge in [-0.05, 0) is 12.1 Å². The maximum Gasteiger partial charge on any atom is 0.270 e. The van der Waals surface area contributed by atoms with Gasteiger partial charge in [0.15, 0.2) is 0 Å². The first-order valence-electron chi connectivity index (χ1n) is 8.01. The number of para-hydroxylation sites is 1. The van der Waals surface area contributed by atoms with Crippen LogP contribution in [0.1, 0.15) is 10.5 Å². The van der Waals surface area contributed by atoms with Gasteiger partial charge in [-0.1, -0.05) is 24.3 Å². The van der Waals surface area contributed by atoms with Gasteiger partial charge in [0.1, 0.15) is 5.69 Å². The molecule has 2 aromatic rings. The molecule has 2 atom stereocenters. The van der Waals surface area contributed by atoms with Crippen molar-refractivity contribution < 1.29 is 17.9 Å². The number of carbonyl (C=O) groups excluding carboxylic acids is 1. The molecule has 1 aromatic heterocycles. The first-order valence-corrected chi connectivity index (χ1v) is 9.62. The first kappa shape index (κ1) is 17.8. The normalized spacial score (nSPS) is 20.9. The fourth-order valence-corrected chi connectivity index (χ4v) is 3.94. The Kier molecular flexibility index (Phi) is 5.03. The summed E-state index contributed by atoms with van der Waals surface area (Å²) in [6.45, 7) is 0.607. The molecule has 1 N–H and O–H groups in total. The van der Waals surface area contributed by atoms with Gasteiger partial charge in [0.2, 0.25) is 10.0 Å². The van der Waals surface area contributed by atoms with E-state index in [0.29, 0.717) is 18.9 Å². The smallest absolute Gasteiger partial charge is 0.270 e. The number of amides is 1. The summed E-state index contributed by atoms with van der Waals surface area (Å²) in [6.07, 6.45) is 0. The van der Waals surface area contributed by atoms with Crippen molar-refractivity contribution in [1.29, 1.82) is 0 Å². The van der Waals surface area contributed by atoms with Gasteiger partial charge in [-0.25, -0.2) is 17.7 Å². The van der Waals surface area contributed by atoms with E-state index >= 15 is 0 Å². The summed E-state index contributed by atoms with van der Waals surface area (Å²) >= 11 is 0. The second-order valence-electron chi connectivity index (χ2n) is 6.33. The third-order valence-electron chi connectivity index (χ3n) is 4.33. The van der Waals surface area contributed by atoms with Crippen LogP contribution in [0.3, 0.4) is 0 Å². The van der Waals surface area contributed by atoms with Gasteiger partial charge >= 0.3 is 0 Å². The van der Waals surface area contributed by atoms with E-state index in [2.05, 4.69) is 10.3 Å². The minimum Gasteiger partial charge on any atom is -0.379 e. The number of rotatable bonds is 5. The molecule has 1 aliphatic rings. The van der Waals surface area contributed by atoms with Crippen LogP contribution in [0.15, 0.2) is 36.4 Å². The molecule has 0 unspecified atom stereocenters. The van der Waals surface area contributed by atoms with Crippen LogP contribution in [-0.2, 0) is 14.8 Å². The number of carbonyl (C=O) groups is 1. The van der Waals surface area contributed by atoms with E-state index in [1.54, 1.807) is 6.07 Å². The third-order valence-corrected chi connectivity index (χ3v) is 6.29. The second kappa shape index (κ2) is 7.07. The average Bonchev–Trinajstić information content (AvgIpc) is 3.00. The molecule has 1 amide bonds. The number of benzene rings is 1. The molecule has 0 spiro atoms. The summed E-state index contributed by atoms with van der Waals surface area (Å²) in [7, 11) is -0.362. The molecule has 8 heteroatoms. The van der Waals surface area contributed by atoms with Crippen molar-refractivity contribution in [3.63, 3.8) is 0 Å². The molecule has 3 rings (SSSR count). The van der Waals surface area contributed by atoms with Crippen molar-refractivity contribution >= 4 is 26.8 Å². The summed E-state index contributed by atoms with van der Waals surface area (Å²) in [4.78, 5) is 16.9. The van der Waals surface area contributed by atoms with Gasteiger partial charge in [-0.3, -0.25) is 4.79 Å². The number of aromatic nitrogens is 1. The Morgan fingerprint density at radius 2 is 2.00 bits per heavy atom. The maximum absolute atomic E-state index is 12.5. The molecular formula is C17H21N3O4S. The quantitative estimate of drug-likeness (QED) is 0.852. The van der Waals surface area contributed by atoms with Gasteiger partial charge in [-0.2, -0.15) is 0 Å². The van der Waals surface area contributed by atoms with Gasteiger partial charge in [-0.15, -0.1) is 0 Å². The van der Waals surface area contributed by atoms with Crippen molar-refractivity contribution in [3.8, 4) is 0 Å². The number of ether oxygens (including phenoxy) is 1. The van der Waals surface area contributed by atoms with Crippen molar-refractivity contribution in [3.05, 3.63) is 42.1 Å². The van der Waals surface area contributed by atoms with Crippen LogP contribution >= 0.6 is 0 Å². The molecule has 1 saturated heterocycles. The maximum atomic E-state index is 12.5. The number of hydrogen-bond acceptors (Lipinski definition) is 5. The highest BCUT2D eigenvalue weighted by atomic mass is 32.2. The molecule has 0 bridgehead atoms. The van der Waals surface area contributed by atoms with E-state index in [1.165, 1.54) is 18.4 Å². The Hall–Kier alpha value is -2.03. The van der Waals surface area contributed by atoms with Gasteiger partial charge in [0.05, 0.1) is 30.5 Å². The zero-order chi connectivity index (χ0) is 18.0. The summed E-state index contributed by atoms with van der Waals surface area (Å²) < 4.78 is 30.7. The molecular weight excluding hydrogens is 342 g/mol. The van der Waals surface area contributed by atoms with Crippen molar-refractivity contribution in [2.75, 3.05) is 33.1 Å². The molecule has 0 radical (unpaired) electrons. The highest BCUT2D eigenvalue weighted by Crippen LogP contribution is 2.18. The number of nitrogens with one attached hydrogen (secondary N) is 1. The third kappa shape index (κ3) is 3.97. The first-order chi connectivity index (χ1) is 11.9. The SMILES string of the molecule is CN(C)S(=O)(=O)C[C@@H]1COC[C@@H]1NC(=O)c1ccc2ccccc2n1. The topological polar surface area (TPSA) is 88.6 Å². The Bertz CT molecular complexity index is 882. The molecule has 2 heterocycles. The van der Waals surface area contributed by atoms with Crippen molar-refractivity contribution in [2.24, 2.45) is 5.92 Å². The molecule has 1 aromatic carbocycles. The van der Waals surface area contributed by atoms with E-state index in [1.807, 2.05) is 30.3 Å². The lowest BCUT2D eigenvalue weighted by Crippen LogP contribution is -2.43. The summed E-state index contributed by atoms with van der Waals surface area (Å²) in [5, 5.41) is 3.82. The molecule has 0 aliphatic carbocycles. The largest absolute Gasteiger partial charge is 0.379 e. The molecule has 1 fully saturated rings. The average molecular weight is 363 g/mol. The Balaban J connectivity index is 1.72. The van der Waals surface area contributed by atoms with Crippen LogP contribution in [0.25, 0.3) is 10.9 Å². The van der Waals surface area contributed by atoms with E-state index in [4.69, 9.17) is 4.74 Å². The number of sulfonamides is 1. The zero-order valence-electron chi connectivity index (χ0n) is 14.2. The minimum atomic E-state index is -3.36. The lowest BCUT2D eigenvalue weighted by Gasteiger charge is -2.20. The van der Waals surface area contributed by atoms with Crippen LogP contribution in [0, 0.1) is 5.92 Å². The highest BCUT2D eigenvalue weighted by Gasteiger charge is 2.34. The predicted molar refractivity (Wildman–Crippen MR) is 94.8 cm³/mol. The van der Waals surface area contributed by atoms with E-state index in [9.17, 15) is 13.2 Å². The highest BCUT2D eigenvalue weighted by molar-refractivity contribution is 7.89. The van der Waals surface area contributed by atoms with E-state index in [0.717, 1.165) is 10.9 Å². The lowest BCUT2D eigenvalue weighted by atomic mass is 10.1. The van der Waals surface area contributed by atoms with Gasteiger partial charge in [0, 0.05) is 25.4 Å². The van der Waals surface area contributed by atoms with Crippen LogP contribution in [0.4, 0.5) is 0 Å². The van der Waals surface area contributed by atoms with E-state index < -0.39 is 10.0 Å². The molecule has 25 heavy (non-hydrogen) atoms.